The van der Waals surface area contributed by atoms with Gasteiger partial charge in [0.2, 0.25) is 5.89 Å². The highest BCUT2D eigenvalue weighted by Crippen LogP contribution is 2.17. The summed E-state index contributed by atoms with van der Waals surface area (Å²) in [5.41, 5.74) is 3.82. The van der Waals surface area contributed by atoms with E-state index in [-0.39, 0.29) is 0 Å². The van der Waals surface area contributed by atoms with Crippen molar-refractivity contribution in [1.82, 2.24) is 25.6 Å². The molecule has 2 aromatic carbocycles. The number of aromatic amines is 1. The number of benzene rings is 2. The van der Waals surface area contributed by atoms with E-state index in [0.717, 1.165) is 34.5 Å². The molecule has 0 aliphatic carbocycles. The molecule has 0 radical (unpaired) electrons. The summed E-state index contributed by atoms with van der Waals surface area (Å²) in [7, 11) is 1.74. The van der Waals surface area contributed by atoms with Crippen molar-refractivity contribution in [2.45, 2.75) is 13.0 Å². The maximum Gasteiger partial charge on any atom is 0.226 e. The Hall–Kier alpha value is -3.61. The van der Waals surface area contributed by atoms with Crippen LogP contribution in [0, 0.1) is 0 Å². The number of hydrogen-bond donors (Lipinski definition) is 3. The predicted molar refractivity (Wildman–Crippen MR) is 110 cm³/mol. The van der Waals surface area contributed by atoms with Gasteiger partial charge in [0.05, 0.1) is 23.3 Å². The van der Waals surface area contributed by atoms with Crippen molar-refractivity contribution in [3.05, 3.63) is 72.4 Å². The number of H-pyrrole nitrogens is 1. The van der Waals surface area contributed by atoms with Crippen molar-refractivity contribution in [1.29, 1.82) is 0 Å². The zero-order valence-electron chi connectivity index (χ0n) is 15.6. The number of imidazole rings is 1. The van der Waals surface area contributed by atoms with Crippen LogP contribution < -0.4 is 10.6 Å². The first-order valence-corrected chi connectivity index (χ1v) is 9.20. The minimum Gasteiger partial charge on any atom is -0.444 e. The molecule has 0 aliphatic heterocycles. The van der Waals surface area contributed by atoms with E-state index in [2.05, 4.69) is 30.6 Å². The number of fused-ring (bicyclic) bond motifs is 1. The summed E-state index contributed by atoms with van der Waals surface area (Å²) in [6.07, 6.45) is 2.44. The van der Waals surface area contributed by atoms with E-state index in [4.69, 9.17) is 4.42 Å². The molecule has 3 N–H and O–H groups in total. The molecule has 0 unspecified atom stereocenters. The molecule has 0 aliphatic rings. The topological polar surface area (TPSA) is 91.1 Å². The van der Waals surface area contributed by atoms with Crippen LogP contribution >= 0.6 is 0 Å². The van der Waals surface area contributed by atoms with Gasteiger partial charge in [-0.15, -0.1) is 0 Å². The van der Waals surface area contributed by atoms with Gasteiger partial charge in [-0.2, -0.15) is 0 Å². The summed E-state index contributed by atoms with van der Waals surface area (Å²) >= 11 is 0. The van der Waals surface area contributed by atoms with Gasteiger partial charge >= 0.3 is 0 Å². The van der Waals surface area contributed by atoms with Crippen LogP contribution in [0.5, 0.6) is 0 Å². The fourth-order valence-electron chi connectivity index (χ4n) is 2.92. The quantitative estimate of drug-likeness (QED) is 0.356. The van der Waals surface area contributed by atoms with Crippen LogP contribution in [0.4, 0.5) is 0 Å². The van der Waals surface area contributed by atoms with Crippen LogP contribution in [0.3, 0.4) is 0 Å². The highest BCUT2D eigenvalue weighted by Gasteiger charge is 2.07. The summed E-state index contributed by atoms with van der Waals surface area (Å²) in [6, 6.07) is 17.9. The lowest BCUT2D eigenvalue weighted by atomic mass is 10.2. The average Bonchev–Trinajstić information content (AvgIpc) is 3.38. The lowest BCUT2D eigenvalue weighted by Crippen LogP contribution is -2.38. The van der Waals surface area contributed by atoms with Gasteiger partial charge in [-0.1, -0.05) is 30.3 Å². The van der Waals surface area contributed by atoms with Crippen LogP contribution in [0.1, 0.15) is 11.5 Å². The number of rotatable bonds is 6. The molecule has 0 fully saturated rings. The van der Waals surface area contributed by atoms with Crippen molar-refractivity contribution in [2.75, 3.05) is 13.6 Å². The van der Waals surface area contributed by atoms with Crippen molar-refractivity contribution in [3.63, 3.8) is 0 Å². The fourth-order valence-corrected chi connectivity index (χ4v) is 2.92. The van der Waals surface area contributed by atoms with E-state index in [1.165, 1.54) is 0 Å². The van der Waals surface area contributed by atoms with Crippen LogP contribution in [-0.4, -0.2) is 34.5 Å². The SMILES string of the molecule is CN=C(NCCc1nc2ccccc2[nH]1)NCc1coc(-c2ccccc2)n1. The average molecular weight is 374 g/mol. The molecule has 2 heterocycles. The maximum atomic E-state index is 5.56. The maximum absolute atomic E-state index is 5.56. The molecule has 142 valence electrons. The predicted octanol–water partition coefficient (Wildman–Crippen LogP) is 3.13. The van der Waals surface area contributed by atoms with Crippen LogP contribution in [-0.2, 0) is 13.0 Å². The van der Waals surface area contributed by atoms with Gasteiger partial charge in [0.15, 0.2) is 5.96 Å². The summed E-state index contributed by atoms with van der Waals surface area (Å²) in [4.78, 5) is 16.7. The number of aliphatic imine (C=N–C) groups is 1. The van der Waals surface area contributed by atoms with Gasteiger partial charge in [0.25, 0.3) is 0 Å². The number of aromatic nitrogens is 3. The second-order valence-corrected chi connectivity index (χ2v) is 6.31. The monoisotopic (exact) mass is 374 g/mol. The van der Waals surface area contributed by atoms with E-state index >= 15 is 0 Å². The standard InChI is InChI=1S/C21H22N6O/c1-22-21(23-12-11-19-26-17-9-5-6-10-18(17)27-19)24-13-16-14-28-20(25-16)15-7-3-2-4-8-15/h2-10,14H,11-13H2,1H3,(H,26,27)(H2,22,23,24). The Morgan fingerprint density at radius 2 is 1.86 bits per heavy atom. The zero-order valence-corrected chi connectivity index (χ0v) is 15.6. The van der Waals surface area contributed by atoms with E-state index in [1.807, 2.05) is 54.6 Å². The molecule has 0 bridgehead atoms. The highest BCUT2D eigenvalue weighted by atomic mass is 16.3. The summed E-state index contributed by atoms with van der Waals surface area (Å²) in [5.74, 6) is 2.28. The molecule has 7 nitrogen and oxygen atoms in total. The second kappa shape index (κ2) is 8.39. The molecular formula is C21H22N6O. The molecule has 28 heavy (non-hydrogen) atoms. The first kappa shape index (κ1) is 17.8. The summed E-state index contributed by atoms with van der Waals surface area (Å²) in [6.45, 7) is 1.24. The molecule has 4 aromatic rings. The van der Waals surface area contributed by atoms with Crippen molar-refractivity contribution < 1.29 is 4.42 Å². The molecular weight excluding hydrogens is 352 g/mol. The van der Waals surface area contributed by atoms with Gasteiger partial charge in [0, 0.05) is 25.6 Å². The first-order chi connectivity index (χ1) is 13.8. The minimum atomic E-state index is 0.528. The van der Waals surface area contributed by atoms with E-state index < -0.39 is 0 Å². The van der Waals surface area contributed by atoms with Gasteiger partial charge in [-0.25, -0.2) is 9.97 Å². The fraction of sp³-hybridized carbons (Fsp3) is 0.190. The number of guanidine groups is 1. The number of hydrogen-bond acceptors (Lipinski definition) is 4. The number of nitrogens with one attached hydrogen (secondary N) is 3. The Balaban J connectivity index is 1.27. The van der Waals surface area contributed by atoms with Crippen molar-refractivity contribution in [3.8, 4) is 11.5 Å². The minimum absolute atomic E-state index is 0.528. The van der Waals surface area contributed by atoms with Gasteiger partial charge in [-0.05, 0) is 24.3 Å². The lowest BCUT2D eigenvalue weighted by Gasteiger charge is -2.09. The zero-order chi connectivity index (χ0) is 19.2. The Kier molecular flexibility index (Phi) is 5.33. The third kappa shape index (κ3) is 4.20. The van der Waals surface area contributed by atoms with Crippen LogP contribution in [0.2, 0.25) is 0 Å². The third-order valence-electron chi connectivity index (χ3n) is 4.33. The molecule has 0 spiro atoms. The number of nitrogens with zero attached hydrogens (tertiary/aromatic N) is 3. The Morgan fingerprint density at radius 1 is 1.04 bits per heavy atom. The molecule has 7 heteroatoms. The Morgan fingerprint density at radius 3 is 2.68 bits per heavy atom. The normalized spacial score (nSPS) is 11.7. The summed E-state index contributed by atoms with van der Waals surface area (Å²) < 4.78 is 5.56. The van der Waals surface area contributed by atoms with Crippen LogP contribution in [0.25, 0.3) is 22.5 Å². The van der Waals surface area contributed by atoms with Gasteiger partial charge in [-0.3, -0.25) is 4.99 Å². The van der Waals surface area contributed by atoms with Crippen LogP contribution in [0.15, 0.2) is 70.3 Å². The molecule has 0 amide bonds. The number of oxazole rings is 1. The van der Waals surface area contributed by atoms with Crippen molar-refractivity contribution >= 4 is 17.0 Å². The Labute approximate surface area is 162 Å². The molecule has 0 saturated carbocycles. The molecule has 4 rings (SSSR count). The van der Waals surface area contributed by atoms with E-state index in [0.29, 0.717) is 24.9 Å². The highest BCUT2D eigenvalue weighted by molar-refractivity contribution is 5.79. The summed E-state index contributed by atoms with van der Waals surface area (Å²) in [5, 5.41) is 6.54. The van der Waals surface area contributed by atoms with E-state index in [9.17, 15) is 0 Å². The van der Waals surface area contributed by atoms with Crippen molar-refractivity contribution in [2.24, 2.45) is 4.99 Å². The number of para-hydroxylation sites is 2. The van der Waals surface area contributed by atoms with Gasteiger partial charge in [0.1, 0.15) is 12.1 Å². The first-order valence-electron chi connectivity index (χ1n) is 9.20. The molecule has 0 atom stereocenters. The second-order valence-electron chi connectivity index (χ2n) is 6.31. The smallest absolute Gasteiger partial charge is 0.226 e. The lowest BCUT2D eigenvalue weighted by molar-refractivity contribution is 0.572. The van der Waals surface area contributed by atoms with E-state index in [1.54, 1.807) is 13.3 Å². The Bertz CT molecular complexity index is 1030. The largest absolute Gasteiger partial charge is 0.444 e. The molecule has 2 aromatic heterocycles. The third-order valence-corrected chi connectivity index (χ3v) is 4.33. The van der Waals surface area contributed by atoms with Gasteiger partial charge < -0.3 is 20.0 Å². The molecule has 0 saturated heterocycles.